The maximum atomic E-state index is 11.6. The zero-order valence-corrected chi connectivity index (χ0v) is 9.53. The fraction of sp³-hybridized carbons (Fsp3) is 0.333. The van der Waals surface area contributed by atoms with Crippen molar-refractivity contribution >= 4 is 16.8 Å². The molecule has 1 aromatic heterocycles. The minimum atomic E-state index is -0.0459. The summed E-state index contributed by atoms with van der Waals surface area (Å²) in [7, 11) is 0. The lowest BCUT2D eigenvalue weighted by Gasteiger charge is -2.00. The Morgan fingerprint density at radius 2 is 2.25 bits per heavy atom. The van der Waals surface area contributed by atoms with Crippen LogP contribution in [-0.2, 0) is 6.54 Å². The summed E-state index contributed by atoms with van der Waals surface area (Å²) in [6.45, 7) is 5.42. The van der Waals surface area contributed by atoms with Crippen LogP contribution in [0.4, 0.5) is 0 Å². The number of aromatic nitrogens is 2. The highest BCUT2D eigenvalue weighted by molar-refractivity contribution is 5.97. The van der Waals surface area contributed by atoms with E-state index in [-0.39, 0.29) is 5.91 Å². The molecule has 0 spiro atoms. The van der Waals surface area contributed by atoms with Crippen molar-refractivity contribution in [2.75, 3.05) is 6.54 Å². The molecule has 16 heavy (non-hydrogen) atoms. The molecule has 1 amide bonds. The summed E-state index contributed by atoms with van der Waals surface area (Å²) in [6, 6.07) is 5.58. The number of aryl methyl sites for hydroxylation is 1. The molecule has 0 saturated heterocycles. The van der Waals surface area contributed by atoms with Crippen LogP contribution in [-0.4, -0.2) is 22.2 Å². The number of fused-ring (bicyclic) bond motifs is 1. The first-order valence-electron chi connectivity index (χ1n) is 5.50. The molecule has 0 radical (unpaired) electrons. The normalized spacial score (nSPS) is 10.6. The third-order valence-corrected chi connectivity index (χ3v) is 2.48. The van der Waals surface area contributed by atoms with Crippen molar-refractivity contribution in [2.24, 2.45) is 0 Å². The molecule has 1 N–H and O–H groups in total. The topological polar surface area (TPSA) is 46.9 Å². The molecule has 4 nitrogen and oxygen atoms in total. The molecular weight excluding hydrogens is 202 g/mol. The van der Waals surface area contributed by atoms with Crippen molar-refractivity contribution < 1.29 is 4.79 Å². The SMILES string of the molecule is CCNC(=O)c1ccc2cn(CC)nc2c1. The number of hydrogen-bond donors (Lipinski definition) is 1. The van der Waals surface area contributed by atoms with Crippen LogP contribution in [0.5, 0.6) is 0 Å². The Morgan fingerprint density at radius 3 is 2.94 bits per heavy atom. The van der Waals surface area contributed by atoms with Gasteiger partial charge in [-0.1, -0.05) is 6.07 Å². The molecule has 0 aliphatic rings. The van der Waals surface area contributed by atoms with Gasteiger partial charge in [0.05, 0.1) is 5.52 Å². The summed E-state index contributed by atoms with van der Waals surface area (Å²) in [5, 5.41) is 8.21. The Kier molecular flexibility index (Phi) is 2.90. The highest BCUT2D eigenvalue weighted by atomic mass is 16.1. The Hall–Kier alpha value is -1.84. The molecule has 2 rings (SSSR count). The molecular formula is C12H15N3O. The number of nitrogens with one attached hydrogen (secondary N) is 1. The van der Waals surface area contributed by atoms with Gasteiger partial charge in [0.25, 0.3) is 5.91 Å². The maximum Gasteiger partial charge on any atom is 0.251 e. The number of carbonyl (C=O) groups excluding carboxylic acids is 1. The van der Waals surface area contributed by atoms with E-state index in [0.717, 1.165) is 17.4 Å². The summed E-state index contributed by atoms with van der Waals surface area (Å²) in [4.78, 5) is 11.6. The van der Waals surface area contributed by atoms with Crippen molar-refractivity contribution in [3.05, 3.63) is 30.0 Å². The molecule has 0 fully saturated rings. The number of nitrogens with zero attached hydrogens (tertiary/aromatic N) is 2. The average Bonchev–Trinajstić information content (AvgIpc) is 2.70. The molecule has 0 atom stereocenters. The van der Waals surface area contributed by atoms with E-state index in [1.54, 1.807) is 0 Å². The molecule has 0 saturated carbocycles. The Bertz CT molecular complexity index is 516. The van der Waals surface area contributed by atoms with Crippen LogP contribution < -0.4 is 5.32 Å². The summed E-state index contributed by atoms with van der Waals surface area (Å²) >= 11 is 0. The van der Waals surface area contributed by atoms with Crippen LogP contribution >= 0.6 is 0 Å². The van der Waals surface area contributed by atoms with Gasteiger partial charge in [0.2, 0.25) is 0 Å². The van der Waals surface area contributed by atoms with Crippen LogP contribution in [0.1, 0.15) is 24.2 Å². The third-order valence-electron chi connectivity index (χ3n) is 2.48. The lowest BCUT2D eigenvalue weighted by atomic mass is 10.1. The molecule has 0 unspecified atom stereocenters. The monoisotopic (exact) mass is 217 g/mol. The minimum absolute atomic E-state index is 0.0459. The second kappa shape index (κ2) is 4.35. The third kappa shape index (κ3) is 1.91. The van der Waals surface area contributed by atoms with Gasteiger partial charge >= 0.3 is 0 Å². The van der Waals surface area contributed by atoms with E-state index in [1.807, 2.05) is 42.9 Å². The van der Waals surface area contributed by atoms with Gasteiger partial charge in [0, 0.05) is 30.2 Å². The number of hydrogen-bond acceptors (Lipinski definition) is 2. The lowest BCUT2D eigenvalue weighted by Crippen LogP contribution is -2.22. The van der Waals surface area contributed by atoms with Gasteiger partial charge in [-0.25, -0.2) is 0 Å². The zero-order chi connectivity index (χ0) is 11.5. The fourth-order valence-corrected chi connectivity index (χ4v) is 1.63. The van der Waals surface area contributed by atoms with Crippen molar-refractivity contribution in [1.82, 2.24) is 15.1 Å². The summed E-state index contributed by atoms with van der Waals surface area (Å²) in [5.41, 5.74) is 1.53. The van der Waals surface area contributed by atoms with Gasteiger partial charge in [-0.05, 0) is 26.0 Å². The summed E-state index contributed by atoms with van der Waals surface area (Å²) < 4.78 is 1.87. The molecule has 84 valence electrons. The van der Waals surface area contributed by atoms with Gasteiger partial charge in [0.15, 0.2) is 0 Å². The van der Waals surface area contributed by atoms with Gasteiger partial charge in [0.1, 0.15) is 0 Å². The van der Waals surface area contributed by atoms with E-state index in [0.29, 0.717) is 12.1 Å². The first-order chi connectivity index (χ1) is 7.74. The average molecular weight is 217 g/mol. The summed E-state index contributed by atoms with van der Waals surface area (Å²) in [6.07, 6.45) is 1.98. The number of carbonyl (C=O) groups is 1. The smallest absolute Gasteiger partial charge is 0.251 e. The Labute approximate surface area is 94.3 Å². The van der Waals surface area contributed by atoms with E-state index < -0.39 is 0 Å². The molecule has 0 aliphatic carbocycles. The molecule has 2 aromatic rings. The van der Waals surface area contributed by atoms with E-state index in [1.165, 1.54) is 0 Å². The minimum Gasteiger partial charge on any atom is -0.352 e. The standard InChI is InChI=1S/C12H15N3O/c1-3-13-12(16)9-5-6-10-8-15(4-2)14-11(10)7-9/h5-8H,3-4H2,1-2H3,(H,13,16). The van der Waals surface area contributed by atoms with Crippen molar-refractivity contribution in [3.63, 3.8) is 0 Å². The predicted molar refractivity (Wildman–Crippen MR) is 63.4 cm³/mol. The van der Waals surface area contributed by atoms with E-state index in [9.17, 15) is 4.79 Å². The first kappa shape index (κ1) is 10.7. The van der Waals surface area contributed by atoms with Gasteiger partial charge < -0.3 is 5.32 Å². The Morgan fingerprint density at radius 1 is 1.44 bits per heavy atom. The first-order valence-corrected chi connectivity index (χ1v) is 5.50. The van der Waals surface area contributed by atoms with Crippen LogP contribution in [0.2, 0.25) is 0 Å². The fourth-order valence-electron chi connectivity index (χ4n) is 1.63. The summed E-state index contributed by atoms with van der Waals surface area (Å²) in [5.74, 6) is -0.0459. The van der Waals surface area contributed by atoms with E-state index >= 15 is 0 Å². The predicted octanol–water partition coefficient (Wildman–Crippen LogP) is 1.81. The van der Waals surface area contributed by atoms with Crippen LogP contribution in [0, 0.1) is 0 Å². The van der Waals surface area contributed by atoms with Gasteiger partial charge in [-0.3, -0.25) is 9.48 Å². The maximum absolute atomic E-state index is 11.6. The molecule has 1 heterocycles. The molecule has 0 bridgehead atoms. The van der Waals surface area contributed by atoms with Crippen LogP contribution in [0.15, 0.2) is 24.4 Å². The van der Waals surface area contributed by atoms with Crippen molar-refractivity contribution in [2.45, 2.75) is 20.4 Å². The molecule has 0 aliphatic heterocycles. The van der Waals surface area contributed by atoms with Crippen molar-refractivity contribution in [3.8, 4) is 0 Å². The quantitative estimate of drug-likeness (QED) is 0.852. The highest BCUT2D eigenvalue weighted by Crippen LogP contribution is 2.14. The van der Waals surface area contributed by atoms with Crippen molar-refractivity contribution in [1.29, 1.82) is 0 Å². The van der Waals surface area contributed by atoms with E-state index in [2.05, 4.69) is 10.4 Å². The highest BCUT2D eigenvalue weighted by Gasteiger charge is 2.06. The van der Waals surface area contributed by atoms with Crippen LogP contribution in [0.3, 0.4) is 0 Å². The Balaban J connectivity index is 2.39. The van der Waals surface area contributed by atoms with Crippen LogP contribution in [0.25, 0.3) is 10.9 Å². The van der Waals surface area contributed by atoms with Gasteiger partial charge in [-0.15, -0.1) is 0 Å². The number of benzene rings is 1. The van der Waals surface area contributed by atoms with E-state index in [4.69, 9.17) is 0 Å². The number of amides is 1. The molecule has 1 aromatic carbocycles. The second-order valence-corrected chi connectivity index (χ2v) is 3.62. The zero-order valence-electron chi connectivity index (χ0n) is 9.53. The largest absolute Gasteiger partial charge is 0.352 e. The number of rotatable bonds is 3. The van der Waals surface area contributed by atoms with Gasteiger partial charge in [-0.2, -0.15) is 5.10 Å². The second-order valence-electron chi connectivity index (χ2n) is 3.62. The molecule has 4 heteroatoms. The lowest BCUT2D eigenvalue weighted by molar-refractivity contribution is 0.0956.